The third kappa shape index (κ3) is 3.68. The summed E-state index contributed by atoms with van der Waals surface area (Å²) in [5.74, 6) is 1.53. The number of aromatic nitrogens is 1. The maximum atomic E-state index is 14.0. The Labute approximate surface area is 212 Å². The Balaban J connectivity index is 1.42. The smallest absolute Gasteiger partial charge is 0.242 e. The molecule has 0 bridgehead atoms. The molecule has 36 heavy (non-hydrogen) atoms. The van der Waals surface area contributed by atoms with Gasteiger partial charge in [0.25, 0.3) is 0 Å². The van der Waals surface area contributed by atoms with Crippen molar-refractivity contribution >= 4 is 17.5 Å². The van der Waals surface area contributed by atoms with Gasteiger partial charge in [0.05, 0.1) is 24.6 Å². The highest BCUT2D eigenvalue weighted by atomic mass is 16.5. The number of anilines is 1. The number of ether oxygens (including phenoxy) is 1. The average molecular weight is 483 g/mol. The minimum absolute atomic E-state index is 0.0361. The van der Waals surface area contributed by atoms with E-state index in [0.717, 1.165) is 30.5 Å². The predicted octanol–water partition coefficient (Wildman–Crippen LogP) is 6.06. The highest BCUT2D eigenvalue weighted by Gasteiger charge is 2.58. The first-order valence-corrected chi connectivity index (χ1v) is 13.2. The molecule has 0 radical (unpaired) electrons. The van der Waals surface area contributed by atoms with Gasteiger partial charge in [0.15, 0.2) is 0 Å². The van der Waals surface area contributed by atoms with Crippen LogP contribution < -0.4 is 9.64 Å². The Morgan fingerprint density at radius 3 is 2.44 bits per heavy atom. The van der Waals surface area contributed by atoms with E-state index < -0.39 is 5.92 Å². The number of nitrogens with one attached hydrogen (secondary N) is 1. The lowest BCUT2D eigenvalue weighted by Crippen LogP contribution is -2.40. The van der Waals surface area contributed by atoms with Crippen LogP contribution in [0.2, 0.25) is 0 Å². The molecule has 1 saturated heterocycles. The second-order valence-corrected chi connectivity index (χ2v) is 11.1. The fourth-order valence-electron chi connectivity index (χ4n) is 7.06. The van der Waals surface area contributed by atoms with Crippen LogP contribution in [0, 0.1) is 23.7 Å². The molecule has 6 rings (SSSR count). The molecule has 2 amide bonds. The van der Waals surface area contributed by atoms with Crippen LogP contribution in [0.5, 0.6) is 5.75 Å². The van der Waals surface area contributed by atoms with Gasteiger partial charge in [-0.05, 0) is 78.5 Å². The Hall–Kier alpha value is -3.34. The van der Waals surface area contributed by atoms with Gasteiger partial charge in [0.2, 0.25) is 11.8 Å². The summed E-state index contributed by atoms with van der Waals surface area (Å²) in [5, 5.41) is 0. The topological polar surface area (TPSA) is 62.4 Å². The van der Waals surface area contributed by atoms with Crippen molar-refractivity contribution in [2.24, 2.45) is 23.7 Å². The second kappa shape index (κ2) is 8.95. The van der Waals surface area contributed by atoms with Gasteiger partial charge >= 0.3 is 0 Å². The van der Waals surface area contributed by atoms with Crippen molar-refractivity contribution in [3.05, 3.63) is 83.2 Å². The number of fused-ring (bicyclic) bond motifs is 6. The molecule has 186 valence electrons. The van der Waals surface area contributed by atoms with Gasteiger partial charge in [-0.1, -0.05) is 44.2 Å². The molecule has 1 N–H and O–H groups in total. The lowest BCUT2D eigenvalue weighted by atomic mass is 9.58. The Morgan fingerprint density at radius 2 is 1.75 bits per heavy atom. The standard InChI is InChI=1S/C31H34N2O3/c1-18(2)20-9-14-24-25(16-20)27-28(26-17-21(32-29(24)26)15-19-7-5-4-6-8-19)31(35)33(30(27)34)22-10-12-23(36-3)13-11-22/h4-8,10-13,17-18,20,24-25,27-28,32H,9,14-16H2,1-3H3/t20?,24-,25-,27-,28+/m0/s1. The zero-order valence-corrected chi connectivity index (χ0v) is 21.2. The van der Waals surface area contributed by atoms with Crippen LogP contribution in [0.4, 0.5) is 5.69 Å². The molecule has 0 spiro atoms. The highest BCUT2D eigenvalue weighted by molar-refractivity contribution is 6.24. The van der Waals surface area contributed by atoms with E-state index in [9.17, 15) is 9.59 Å². The summed E-state index contributed by atoms with van der Waals surface area (Å²) < 4.78 is 5.29. The van der Waals surface area contributed by atoms with E-state index in [4.69, 9.17) is 4.74 Å². The lowest BCUT2D eigenvalue weighted by molar-refractivity contribution is -0.123. The van der Waals surface area contributed by atoms with Crippen molar-refractivity contribution < 1.29 is 14.3 Å². The first-order chi connectivity index (χ1) is 17.5. The molecule has 3 aromatic rings. The number of hydrogen-bond acceptors (Lipinski definition) is 3. The molecule has 5 nitrogen and oxygen atoms in total. The molecule has 5 heteroatoms. The molecule has 2 aromatic carbocycles. The molecule has 1 aromatic heterocycles. The van der Waals surface area contributed by atoms with Crippen LogP contribution in [-0.2, 0) is 16.0 Å². The first-order valence-electron chi connectivity index (χ1n) is 13.2. The Bertz CT molecular complexity index is 1280. The Kier molecular flexibility index (Phi) is 5.74. The summed E-state index contributed by atoms with van der Waals surface area (Å²) in [4.78, 5) is 33.2. The summed E-state index contributed by atoms with van der Waals surface area (Å²) >= 11 is 0. The quantitative estimate of drug-likeness (QED) is 0.450. The maximum absolute atomic E-state index is 14.0. The summed E-state index contributed by atoms with van der Waals surface area (Å²) in [6, 6.07) is 19.9. The number of methoxy groups -OCH3 is 1. The molecular weight excluding hydrogens is 448 g/mol. The van der Waals surface area contributed by atoms with E-state index in [1.165, 1.54) is 22.6 Å². The van der Waals surface area contributed by atoms with Gasteiger partial charge in [-0.3, -0.25) is 9.59 Å². The largest absolute Gasteiger partial charge is 0.497 e. The number of amides is 2. The monoisotopic (exact) mass is 482 g/mol. The van der Waals surface area contributed by atoms with Gasteiger partial charge in [-0.25, -0.2) is 4.90 Å². The Morgan fingerprint density at radius 1 is 1.00 bits per heavy atom. The molecule has 2 fully saturated rings. The number of imide groups is 1. The number of nitrogens with zero attached hydrogens (tertiary/aromatic N) is 1. The van der Waals surface area contributed by atoms with Crippen LogP contribution in [0.3, 0.4) is 0 Å². The molecule has 5 atom stereocenters. The van der Waals surface area contributed by atoms with Crippen LogP contribution >= 0.6 is 0 Å². The van der Waals surface area contributed by atoms with Crippen molar-refractivity contribution in [1.82, 2.24) is 4.98 Å². The number of aromatic amines is 1. The molecule has 2 aliphatic carbocycles. The summed E-state index contributed by atoms with van der Waals surface area (Å²) in [6.07, 6.45) is 4.04. The number of carbonyl (C=O) groups is 2. The number of benzene rings is 2. The van der Waals surface area contributed by atoms with Crippen molar-refractivity contribution in [1.29, 1.82) is 0 Å². The van der Waals surface area contributed by atoms with Gasteiger partial charge in [-0.15, -0.1) is 0 Å². The molecule has 1 aliphatic heterocycles. The average Bonchev–Trinajstić information content (AvgIpc) is 3.42. The summed E-state index contributed by atoms with van der Waals surface area (Å²) in [5.41, 5.74) is 5.24. The van der Waals surface area contributed by atoms with Crippen molar-refractivity contribution in [2.45, 2.75) is 51.4 Å². The van der Waals surface area contributed by atoms with E-state index in [1.54, 1.807) is 7.11 Å². The highest BCUT2D eigenvalue weighted by Crippen LogP contribution is 2.57. The zero-order chi connectivity index (χ0) is 25.0. The third-order valence-corrected chi connectivity index (χ3v) is 8.91. The van der Waals surface area contributed by atoms with Crippen molar-refractivity contribution in [3.63, 3.8) is 0 Å². The van der Waals surface area contributed by atoms with E-state index in [1.807, 2.05) is 30.3 Å². The maximum Gasteiger partial charge on any atom is 0.242 e. The second-order valence-electron chi connectivity index (χ2n) is 11.1. The van der Waals surface area contributed by atoms with E-state index in [-0.39, 0.29) is 23.7 Å². The van der Waals surface area contributed by atoms with Crippen LogP contribution in [0.15, 0.2) is 60.7 Å². The van der Waals surface area contributed by atoms with Gasteiger partial charge in [0.1, 0.15) is 5.75 Å². The van der Waals surface area contributed by atoms with Crippen LogP contribution in [-0.4, -0.2) is 23.9 Å². The fraction of sp³-hybridized carbons (Fsp3) is 0.419. The van der Waals surface area contributed by atoms with E-state index in [2.05, 4.69) is 49.2 Å². The van der Waals surface area contributed by atoms with Gasteiger partial charge < -0.3 is 9.72 Å². The number of H-pyrrole nitrogens is 1. The zero-order valence-electron chi connectivity index (χ0n) is 21.2. The van der Waals surface area contributed by atoms with Crippen molar-refractivity contribution in [3.8, 4) is 5.75 Å². The minimum atomic E-state index is -0.414. The first kappa shape index (κ1) is 23.1. The molecular formula is C31H34N2O3. The van der Waals surface area contributed by atoms with Gasteiger partial charge in [0, 0.05) is 23.7 Å². The lowest BCUT2D eigenvalue weighted by Gasteiger charge is -2.44. The molecule has 2 heterocycles. The van der Waals surface area contributed by atoms with E-state index in [0.29, 0.717) is 29.2 Å². The number of rotatable bonds is 5. The molecule has 1 unspecified atom stereocenters. The fourth-order valence-corrected chi connectivity index (χ4v) is 7.06. The molecule has 3 aliphatic rings. The van der Waals surface area contributed by atoms with E-state index >= 15 is 0 Å². The number of carbonyl (C=O) groups excluding carboxylic acids is 2. The number of hydrogen-bond donors (Lipinski definition) is 1. The summed E-state index contributed by atoms with van der Waals surface area (Å²) in [7, 11) is 1.62. The molecule has 1 saturated carbocycles. The summed E-state index contributed by atoms with van der Waals surface area (Å²) in [6.45, 7) is 4.57. The van der Waals surface area contributed by atoms with Crippen LogP contribution in [0.25, 0.3) is 0 Å². The van der Waals surface area contributed by atoms with Gasteiger partial charge in [-0.2, -0.15) is 0 Å². The normalized spacial score (nSPS) is 27.1. The third-order valence-electron chi connectivity index (χ3n) is 8.91. The van der Waals surface area contributed by atoms with Crippen molar-refractivity contribution in [2.75, 3.05) is 12.0 Å². The van der Waals surface area contributed by atoms with Crippen LogP contribution in [0.1, 0.15) is 67.5 Å². The predicted molar refractivity (Wildman–Crippen MR) is 140 cm³/mol. The SMILES string of the molecule is COc1ccc(N2C(=O)[C@H]3[C@H]4CC(C(C)C)CC[C@@H]4c4[nH]c(Cc5ccccc5)cc4[C@H]3C2=O)cc1. The minimum Gasteiger partial charge on any atom is -0.497 e.